The number of carbonyl (C=O) groups is 3. The summed E-state index contributed by atoms with van der Waals surface area (Å²) >= 11 is 0. The molecule has 0 unspecified atom stereocenters. The third-order valence-corrected chi connectivity index (χ3v) is 4.82. The summed E-state index contributed by atoms with van der Waals surface area (Å²) in [4.78, 5) is 40.2. The largest absolute Gasteiger partial charge is 0.462 e. The lowest BCUT2D eigenvalue weighted by molar-refractivity contribution is -0.123. The Labute approximate surface area is 174 Å². The van der Waals surface area contributed by atoms with Gasteiger partial charge in [0.25, 0.3) is 5.91 Å². The van der Waals surface area contributed by atoms with E-state index in [0.29, 0.717) is 22.5 Å². The van der Waals surface area contributed by atoms with E-state index in [4.69, 9.17) is 9.47 Å². The van der Waals surface area contributed by atoms with Gasteiger partial charge in [0.05, 0.1) is 12.2 Å². The zero-order chi connectivity index (χ0) is 21.8. The lowest BCUT2D eigenvalue weighted by Gasteiger charge is -2.14. The third kappa shape index (κ3) is 4.20. The van der Waals surface area contributed by atoms with Gasteiger partial charge in [0, 0.05) is 16.8 Å². The van der Waals surface area contributed by atoms with Gasteiger partial charge in [-0.05, 0) is 44.7 Å². The van der Waals surface area contributed by atoms with Crippen molar-refractivity contribution in [3.8, 4) is 0 Å². The number of nitrogens with one attached hydrogen (secondary N) is 2. The van der Waals surface area contributed by atoms with Gasteiger partial charge in [-0.15, -0.1) is 0 Å². The Bertz CT molecular complexity index is 1110. The number of aryl methyl sites for hydroxylation is 1. The van der Waals surface area contributed by atoms with Crippen molar-refractivity contribution in [3.63, 3.8) is 0 Å². The van der Waals surface area contributed by atoms with Crippen LogP contribution in [0.1, 0.15) is 46.0 Å². The molecule has 2 aromatic carbocycles. The molecule has 7 nitrogen and oxygen atoms in total. The van der Waals surface area contributed by atoms with Gasteiger partial charge in [0.15, 0.2) is 6.10 Å². The Morgan fingerprint density at radius 1 is 1.03 bits per heavy atom. The van der Waals surface area contributed by atoms with Crippen LogP contribution in [-0.2, 0) is 14.3 Å². The first kappa shape index (κ1) is 21.1. The quantitative estimate of drug-likeness (QED) is 0.597. The lowest BCUT2D eigenvalue weighted by atomic mass is 10.1. The molecule has 0 spiro atoms. The van der Waals surface area contributed by atoms with Crippen LogP contribution < -0.4 is 5.32 Å². The number of rotatable bonds is 6. The highest BCUT2D eigenvalue weighted by Gasteiger charge is 2.26. The number of esters is 2. The predicted molar refractivity (Wildman–Crippen MR) is 114 cm³/mol. The van der Waals surface area contributed by atoms with Gasteiger partial charge in [-0.1, -0.05) is 36.4 Å². The number of carbonyl (C=O) groups excluding carboxylic acids is 3. The zero-order valence-electron chi connectivity index (χ0n) is 17.4. The van der Waals surface area contributed by atoms with E-state index in [2.05, 4.69) is 10.3 Å². The predicted octanol–water partition coefficient (Wildman–Crippen LogP) is 4.15. The Kier molecular flexibility index (Phi) is 6.20. The number of hydrogen-bond donors (Lipinski definition) is 2. The normalized spacial score (nSPS) is 11.7. The molecular weight excluding hydrogens is 384 g/mol. The minimum Gasteiger partial charge on any atom is -0.462 e. The molecule has 0 saturated carbocycles. The highest BCUT2D eigenvalue weighted by atomic mass is 16.5. The molecule has 1 aromatic heterocycles. The first-order chi connectivity index (χ1) is 14.3. The summed E-state index contributed by atoms with van der Waals surface area (Å²) in [5.41, 5.74) is 2.00. The van der Waals surface area contributed by atoms with Crippen molar-refractivity contribution < 1.29 is 23.9 Å². The van der Waals surface area contributed by atoms with Crippen LogP contribution in [0, 0.1) is 13.8 Å². The summed E-state index contributed by atoms with van der Waals surface area (Å²) in [7, 11) is 0. The fourth-order valence-corrected chi connectivity index (χ4v) is 3.31. The number of amides is 1. The number of hydrogen-bond acceptors (Lipinski definition) is 5. The topological polar surface area (TPSA) is 97.5 Å². The van der Waals surface area contributed by atoms with Crippen LogP contribution in [0.5, 0.6) is 0 Å². The van der Waals surface area contributed by atoms with E-state index in [0.717, 1.165) is 10.8 Å². The van der Waals surface area contributed by atoms with Crippen LogP contribution in [0.15, 0.2) is 42.5 Å². The Balaban J connectivity index is 1.73. The second-order valence-electron chi connectivity index (χ2n) is 6.91. The minimum absolute atomic E-state index is 0.125. The van der Waals surface area contributed by atoms with Crippen LogP contribution in [0.2, 0.25) is 0 Å². The Morgan fingerprint density at radius 2 is 1.73 bits per heavy atom. The van der Waals surface area contributed by atoms with Crippen molar-refractivity contribution in [2.45, 2.75) is 33.8 Å². The van der Waals surface area contributed by atoms with Crippen LogP contribution in [0.25, 0.3) is 10.8 Å². The maximum Gasteiger partial charge on any atom is 0.355 e. The van der Waals surface area contributed by atoms with Gasteiger partial charge in [-0.3, -0.25) is 4.79 Å². The molecule has 156 valence electrons. The first-order valence-corrected chi connectivity index (χ1v) is 9.69. The van der Waals surface area contributed by atoms with Gasteiger partial charge >= 0.3 is 11.9 Å². The van der Waals surface area contributed by atoms with Gasteiger partial charge in [-0.25, -0.2) is 9.59 Å². The fraction of sp³-hybridized carbons (Fsp3) is 0.261. The molecule has 7 heteroatoms. The van der Waals surface area contributed by atoms with Crippen molar-refractivity contribution in [2.24, 2.45) is 0 Å². The number of ether oxygens (including phenoxy) is 2. The zero-order valence-corrected chi connectivity index (χ0v) is 17.4. The third-order valence-electron chi connectivity index (χ3n) is 4.82. The molecule has 1 atom stereocenters. The minimum atomic E-state index is -1.04. The van der Waals surface area contributed by atoms with Crippen LogP contribution >= 0.6 is 0 Å². The van der Waals surface area contributed by atoms with Crippen LogP contribution in [0.3, 0.4) is 0 Å². The number of aromatic nitrogens is 1. The number of aromatic amines is 1. The maximum absolute atomic E-state index is 12.6. The summed E-state index contributed by atoms with van der Waals surface area (Å²) in [5, 5.41) is 4.69. The molecule has 3 aromatic rings. The molecule has 0 aliphatic heterocycles. The van der Waals surface area contributed by atoms with E-state index in [9.17, 15) is 14.4 Å². The van der Waals surface area contributed by atoms with Crippen molar-refractivity contribution in [3.05, 3.63) is 65.0 Å². The second kappa shape index (κ2) is 8.82. The summed E-state index contributed by atoms with van der Waals surface area (Å²) < 4.78 is 10.4. The van der Waals surface area contributed by atoms with E-state index >= 15 is 0 Å². The first-order valence-electron chi connectivity index (χ1n) is 9.69. The van der Waals surface area contributed by atoms with Crippen LogP contribution in [0.4, 0.5) is 5.69 Å². The maximum atomic E-state index is 12.6. The molecule has 0 fully saturated rings. The summed E-state index contributed by atoms with van der Waals surface area (Å²) in [5.74, 6) is -1.68. The summed E-state index contributed by atoms with van der Waals surface area (Å²) in [6.07, 6.45) is -1.04. The van der Waals surface area contributed by atoms with Crippen LogP contribution in [-0.4, -0.2) is 35.5 Å². The van der Waals surface area contributed by atoms with Gasteiger partial charge in [0.1, 0.15) is 5.69 Å². The van der Waals surface area contributed by atoms with Crippen molar-refractivity contribution >= 4 is 34.3 Å². The Morgan fingerprint density at radius 3 is 2.47 bits per heavy atom. The molecule has 1 heterocycles. The SMILES string of the molecule is CCOC(=O)c1c(C)[nH]c(C(=O)O[C@H](C)C(=O)Nc2cccc3ccccc23)c1C. The summed E-state index contributed by atoms with van der Waals surface area (Å²) in [6, 6.07) is 13.2. The number of H-pyrrole nitrogens is 1. The van der Waals surface area contributed by atoms with Crippen molar-refractivity contribution in [1.29, 1.82) is 0 Å². The van der Waals surface area contributed by atoms with Crippen molar-refractivity contribution in [2.75, 3.05) is 11.9 Å². The molecule has 0 radical (unpaired) electrons. The standard InChI is InChI=1S/C23H24N2O5/c1-5-29-22(27)19-13(2)20(24-14(19)3)23(28)30-15(4)21(26)25-18-12-8-10-16-9-6-7-11-17(16)18/h6-12,15,24H,5H2,1-4H3,(H,25,26)/t15-/m1/s1. The molecule has 2 N–H and O–H groups in total. The van der Waals surface area contributed by atoms with E-state index < -0.39 is 23.9 Å². The Hall–Kier alpha value is -3.61. The van der Waals surface area contributed by atoms with Gasteiger partial charge in [0.2, 0.25) is 0 Å². The highest BCUT2D eigenvalue weighted by molar-refractivity contribution is 6.04. The van der Waals surface area contributed by atoms with Gasteiger partial charge in [-0.2, -0.15) is 0 Å². The average Bonchev–Trinajstić information content (AvgIpc) is 3.02. The monoisotopic (exact) mass is 408 g/mol. The van der Waals surface area contributed by atoms with Gasteiger partial charge < -0.3 is 19.8 Å². The number of fused-ring (bicyclic) bond motifs is 1. The second-order valence-corrected chi connectivity index (χ2v) is 6.91. The van der Waals surface area contributed by atoms with Crippen molar-refractivity contribution in [1.82, 2.24) is 4.98 Å². The molecule has 0 aliphatic carbocycles. The molecule has 0 aliphatic rings. The number of anilines is 1. The van der Waals surface area contributed by atoms with E-state index in [1.807, 2.05) is 36.4 Å². The average molecular weight is 408 g/mol. The molecule has 30 heavy (non-hydrogen) atoms. The molecular formula is C23H24N2O5. The summed E-state index contributed by atoms with van der Waals surface area (Å²) in [6.45, 7) is 6.74. The highest BCUT2D eigenvalue weighted by Crippen LogP contribution is 2.24. The molecule has 0 bridgehead atoms. The van der Waals surface area contributed by atoms with E-state index in [1.54, 1.807) is 26.8 Å². The number of benzene rings is 2. The lowest BCUT2D eigenvalue weighted by Crippen LogP contribution is -2.30. The van der Waals surface area contributed by atoms with E-state index in [1.165, 1.54) is 6.92 Å². The molecule has 1 amide bonds. The van der Waals surface area contributed by atoms with E-state index in [-0.39, 0.29) is 12.3 Å². The molecule has 0 saturated heterocycles. The smallest absolute Gasteiger partial charge is 0.355 e. The molecule has 3 rings (SSSR count). The fourth-order valence-electron chi connectivity index (χ4n) is 3.31.